The zero-order valence-corrected chi connectivity index (χ0v) is 14.3. The summed E-state index contributed by atoms with van der Waals surface area (Å²) in [7, 11) is -4.24. The summed E-state index contributed by atoms with van der Waals surface area (Å²) in [6.45, 7) is 0.538. The molecular formula is C17H13F3N2O3S. The van der Waals surface area contributed by atoms with Crippen molar-refractivity contribution in [3.8, 4) is 22.4 Å². The van der Waals surface area contributed by atoms with Gasteiger partial charge in [-0.25, -0.2) is 26.7 Å². The predicted molar refractivity (Wildman–Crippen MR) is 88.2 cm³/mol. The second kappa shape index (κ2) is 6.58. The van der Waals surface area contributed by atoms with Gasteiger partial charge in [-0.2, -0.15) is 0 Å². The summed E-state index contributed by atoms with van der Waals surface area (Å²) >= 11 is 0. The Bertz CT molecular complexity index is 1090. The van der Waals surface area contributed by atoms with Gasteiger partial charge in [0.1, 0.15) is 22.2 Å². The Morgan fingerprint density at radius 1 is 1.08 bits per heavy atom. The molecule has 2 aromatic carbocycles. The fraction of sp³-hybridized carbons (Fsp3) is 0.118. The molecule has 0 spiro atoms. The molecule has 0 saturated heterocycles. The van der Waals surface area contributed by atoms with E-state index in [4.69, 9.17) is 9.66 Å². The van der Waals surface area contributed by atoms with Crippen molar-refractivity contribution in [1.82, 2.24) is 5.16 Å². The average molecular weight is 382 g/mol. The number of hydrogen-bond donors (Lipinski definition) is 1. The molecule has 0 aliphatic rings. The Labute approximate surface area is 147 Å². The summed E-state index contributed by atoms with van der Waals surface area (Å²) in [5.41, 5.74) is 1.27. The lowest BCUT2D eigenvalue weighted by Crippen LogP contribution is -2.14. The number of halogens is 3. The first-order chi connectivity index (χ1) is 12.2. The fourth-order valence-electron chi connectivity index (χ4n) is 2.59. The van der Waals surface area contributed by atoms with Crippen LogP contribution in [0.25, 0.3) is 22.4 Å². The number of sulfonamides is 1. The third kappa shape index (κ3) is 3.23. The lowest BCUT2D eigenvalue weighted by Gasteiger charge is -2.07. The number of alkyl halides is 1. The van der Waals surface area contributed by atoms with Crippen molar-refractivity contribution in [3.05, 3.63) is 59.4 Å². The van der Waals surface area contributed by atoms with Gasteiger partial charge in [-0.3, -0.25) is 0 Å². The van der Waals surface area contributed by atoms with Crippen molar-refractivity contribution < 1.29 is 26.1 Å². The molecule has 0 atom stereocenters. The molecule has 0 saturated carbocycles. The predicted octanol–water partition coefficient (Wildman–Crippen LogP) is 3.71. The van der Waals surface area contributed by atoms with Crippen LogP contribution < -0.4 is 5.14 Å². The number of benzene rings is 2. The minimum absolute atomic E-state index is 0.151. The van der Waals surface area contributed by atoms with Crippen LogP contribution in [0.4, 0.5) is 13.2 Å². The van der Waals surface area contributed by atoms with Crippen LogP contribution in [0.5, 0.6) is 0 Å². The van der Waals surface area contributed by atoms with Crippen LogP contribution in [0.3, 0.4) is 0 Å². The molecule has 26 heavy (non-hydrogen) atoms. The van der Waals surface area contributed by atoms with Gasteiger partial charge in [-0.05, 0) is 48.4 Å². The van der Waals surface area contributed by atoms with Gasteiger partial charge in [-0.1, -0.05) is 11.2 Å². The molecule has 0 amide bonds. The molecular weight excluding hydrogens is 369 g/mol. The molecule has 9 heteroatoms. The van der Waals surface area contributed by atoms with Gasteiger partial charge in [0.15, 0.2) is 12.4 Å². The number of primary sulfonamides is 1. The first kappa shape index (κ1) is 18.2. The van der Waals surface area contributed by atoms with E-state index in [9.17, 15) is 21.6 Å². The SMILES string of the molecule is Cc1cc(-c2noc(CF)c2-c2ccc(S(N)(=O)=O)c(F)c2)ccc1F. The van der Waals surface area contributed by atoms with Crippen LogP contribution in [-0.2, 0) is 16.7 Å². The van der Waals surface area contributed by atoms with E-state index in [1.54, 1.807) is 6.92 Å². The summed E-state index contributed by atoms with van der Waals surface area (Å²) < 4.78 is 68.6. The van der Waals surface area contributed by atoms with E-state index in [1.165, 1.54) is 24.3 Å². The van der Waals surface area contributed by atoms with E-state index in [-0.39, 0.29) is 22.6 Å². The minimum Gasteiger partial charge on any atom is -0.357 e. The molecule has 0 bridgehead atoms. The van der Waals surface area contributed by atoms with Crippen molar-refractivity contribution in [2.75, 3.05) is 0 Å². The Balaban J connectivity index is 2.20. The largest absolute Gasteiger partial charge is 0.357 e. The Morgan fingerprint density at radius 3 is 2.35 bits per heavy atom. The van der Waals surface area contributed by atoms with Gasteiger partial charge in [0.2, 0.25) is 10.0 Å². The summed E-state index contributed by atoms with van der Waals surface area (Å²) in [6, 6.07) is 7.31. The Kier molecular flexibility index (Phi) is 4.59. The van der Waals surface area contributed by atoms with Gasteiger partial charge in [-0.15, -0.1) is 0 Å². The van der Waals surface area contributed by atoms with Crippen molar-refractivity contribution >= 4 is 10.0 Å². The monoisotopic (exact) mass is 382 g/mol. The molecule has 3 rings (SSSR count). The molecule has 0 aliphatic heterocycles. The highest BCUT2D eigenvalue weighted by Gasteiger charge is 2.22. The van der Waals surface area contributed by atoms with Crippen LogP contribution >= 0.6 is 0 Å². The number of nitrogens with zero attached hydrogens (tertiary/aromatic N) is 1. The summed E-state index contributed by atoms with van der Waals surface area (Å²) in [4.78, 5) is -0.682. The molecule has 3 aromatic rings. The molecule has 2 N–H and O–H groups in total. The molecule has 0 fully saturated rings. The minimum atomic E-state index is -4.24. The van der Waals surface area contributed by atoms with E-state index in [1.807, 2.05) is 0 Å². The van der Waals surface area contributed by atoms with E-state index in [0.717, 1.165) is 12.1 Å². The summed E-state index contributed by atoms with van der Waals surface area (Å²) in [5.74, 6) is -1.67. The van der Waals surface area contributed by atoms with Crippen LogP contribution in [0, 0.1) is 18.6 Å². The molecule has 1 aromatic heterocycles. The molecule has 0 unspecified atom stereocenters. The molecule has 136 valence electrons. The van der Waals surface area contributed by atoms with E-state index < -0.39 is 33.2 Å². The maximum Gasteiger partial charge on any atom is 0.240 e. The second-order valence-electron chi connectivity index (χ2n) is 5.62. The van der Waals surface area contributed by atoms with Crippen LogP contribution in [0.15, 0.2) is 45.8 Å². The zero-order valence-electron chi connectivity index (χ0n) is 13.5. The van der Waals surface area contributed by atoms with Crippen molar-refractivity contribution in [1.29, 1.82) is 0 Å². The second-order valence-corrected chi connectivity index (χ2v) is 7.15. The lowest BCUT2D eigenvalue weighted by molar-refractivity contribution is 0.332. The van der Waals surface area contributed by atoms with E-state index >= 15 is 0 Å². The zero-order chi connectivity index (χ0) is 19.1. The van der Waals surface area contributed by atoms with Gasteiger partial charge in [0, 0.05) is 5.56 Å². The van der Waals surface area contributed by atoms with Crippen LogP contribution in [0.2, 0.25) is 0 Å². The van der Waals surface area contributed by atoms with Gasteiger partial charge in [0.05, 0.1) is 5.56 Å². The first-order valence-electron chi connectivity index (χ1n) is 7.36. The van der Waals surface area contributed by atoms with Gasteiger partial charge in [0.25, 0.3) is 0 Å². The highest BCUT2D eigenvalue weighted by atomic mass is 32.2. The molecule has 1 heterocycles. The van der Waals surface area contributed by atoms with Crippen LogP contribution in [0.1, 0.15) is 11.3 Å². The van der Waals surface area contributed by atoms with Crippen molar-refractivity contribution in [2.45, 2.75) is 18.5 Å². The van der Waals surface area contributed by atoms with Crippen molar-refractivity contribution in [3.63, 3.8) is 0 Å². The highest BCUT2D eigenvalue weighted by Crippen LogP contribution is 2.36. The average Bonchev–Trinajstić information content (AvgIpc) is 3.00. The van der Waals surface area contributed by atoms with Crippen molar-refractivity contribution in [2.24, 2.45) is 5.14 Å². The Hall–Kier alpha value is -2.65. The molecule has 5 nitrogen and oxygen atoms in total. The van der Waals surface area contributed by atoms with E-state index in [0.29, 0.717) is 11.1 Å². The fourth-order valence-corrected chi connectivity index (χ4v) is 3.18. The summed E-state index contributed by atoms with van der Waals surface area (Å²) in [5, 5.41) is 8.74. The number of hydrogen-bond acceptors (Lipinski definition) is 4. The number of aryl methyl sites for hydroxylation is 1. The molecule has 0 radical (unpaired) electrons. The van der Waals surface area contributed by atoms with E-state index in [2.05, 4.69) is 5.16 Å². The summed E-state index contributed by atoms with van der Waals surface area (Å²) in [6.07, 6.45) is 0. The number of nitrogens with two attached hydrogens (primary N) is 1. The lowest BCUT2D eigenvalue weighted by atomic mass is 9.98. The van der Waals surface area contributed by atoms with Gasteiger partial charge >= 0.3 is 0 Å². The maximum absolute atomic E-state index is 14.2. The number of aromatic nitrogens is 1. The van der Waals surface area contributed by atoms with Crippen LogP contribution in [-0.4, -0.2) is 13.6 Å². The third-order valence-corrected chi connectivity index (χ3v) is 4.79. The van der Waals surface area contributed by atoms with Gasteiger partial charge < -0.3 is 4.52 Å². The maximum atomic E-state index is 14.2. The normalized spacial score (nSPS) is 11.7. The standard InChI is InChI=1S/C17H13F3N2O3S/c1-9-6-11(2-4-12(9)19)17-16(14(8-18)25-22-17)10-3-5-15(13(20)7-10)26(21,23)24/h2-7H,8H2,1H3,(H2,21,23,24). The smallest absolute Gasteiger partial charge is 0.240 e. The Morgan fingerprint density at radius 2 is 1.77 bits per heavy atom. The highest BCUT2D eigenvalue weighted by molar-refractivity contribution is 7.89. The first-order valence-corrected chi connectivity index (χ1v) is 8.90. The third-order valence-electron chi connectivity index (χ3n) is 3.84. The molecule has 0 aliphatic carbocycles. The quantitative estimate of drug-likeness (QED) is 0.745. The number of rotatable bonds is 4. The topological polar surface area (TPSA) is 86.2 Å².